The molecule has 0 amide bonds. The van der Waals surface area contributed by atoms with Crippen LogP contribution in [0.5, 0.6) is 0 Å². The van der Waals surface area contributed by atoms with Gasteiger partial charge in [0.05, 0.1) is 6.33 Å². The molecule has 1 atom stereocenters. The summed E-state index contributed by atoms with van der Waals surface area (Å²) in [6.45, 7) is 9.47. The molecule has 0 fully saturated rings. The quantitative estimate of drug-likeness (QED) is 0.724. The maximum atomic E-state index is 4.55. The van der Waals surface area contributed by atoms with Gasteiger partial charge in [-0.25, -0.2) is 4.98 Å². The number of hydrogen-bond acceptors (Lipinski definition) is 5. The SMILES string of the molecule is CCNc1nc(NC(C)C(CC)CC)c2[nH]cnc2n1. The zero-order valence-corrected chi connectivity index (χ0v) is 12.7. The van der Waals surface area contributed by atoms with Crippen molar-refractivity contribution in [2.45, 2.75) is 46.6 Å². The van der Waals surface area contributed by atoms with Crippen LogP contribution in [-0.4, -0.2) is 32.5 Å². The Hall–Kier alpha value is -1.85. The number of rotatable bonds is 7. The van der Waals surface area contributed by atoms with Crippen LogP contribution in [-0.2, 0) is 0 Å². The zero-order chi connectivity index (χ0) is 14.5. The van der Waals surface area contributed by atoms with Crippen molar-refractivity contribution >= 4 is 22.9 Å². The van der Waals surface area contributed by atoms with E-state index >= 15 is 0 Å². The maximum Gasteiger partial charge on any atom is 0.226 e. The smallest absolute Gasteiger partial charge is 0.226 e. The highest BCUT2D eigenvalue weighted by molar-refractivity contribution is 5.83. The fraction of sp³-hybridized carbons (Fsp3) is 0.643. The Morgan fingerprint density at radius 3 is 2.60 bits per heavy atom. The summed E-state index contributed by atoms with van der Waals surface area (Å²) in [5.74, 6) is 2.07. The molecule has 3 N–H and O–H groups in total. The molecule has 0 bridgehead atoms. The van der Waals surface area contributed by atoms with Crippen LogP contribution in [0.25, 0.3) is 11.2 Å². The van der Waals surface area contributed by atoms with Gasteiger partial charge in [-0.15, -0.1) is 0 Å². The summed E-state index contributed by atoms with van der Waals surface area (Å²) < 4.78 is 0. The topological polar surface area (TPSA) is 78.5 Å². The molecule has 6 nitrogen and oxygen atoms in total. The fourth-order valence-corrected chi connectivity index (χ4v) is 2.50. The second-order valence-electron chi connectivity index (χ2n) is 5.04. The fourth-order valence-electron chi connectivity index (χ4n) is 2.50. The Kier molecular flexibility index (Phi) is 4.76. The molecule has 1 unspecified atom stereocenters. The van der Waals surface area contributed by atoms with Gasteiger partial charge in [-0.3, -0.25) is 0 Å². The molecule has 0 spiro atoms. The van der Waals surface area contributed by atoms with Crippen molar-refractivity contribution in [3.8, 4) is 0 Å². The molecular weight excluding hydrogens is 252 g/mol. The molecule has 0 aliphatic heterocycles. The molecule has 20 heavy (non-hydrogen) atoms. The molecule has 0 aliphatic carbocycles. The van der Waals surface area contributed by atoms with Gasteiger partial charge in [0.15, 0.2) is 11.5 Å². The van der Waals surface area contributed by atoms with Gasteiger partial charge < -0.3 is 15.6 Å². The summed E-state index contributed by atoms with van der Waals surface area (Å²) >= 11 is 0. The van der Waals surface area contributed by atoms with Crippen LogP contribution in [0.15, 0.2) is 6.33 Å². The largest absolute Gasteiger partial charge is 0.365 e. The average molecular weight is 276 g/mol. The lowest BCUT2D eigenvalue weighted by Crippen LogP contribution is -2.26. The summed E-state index contributed by atoms with van der Waals surface area (Å²) in [6.07, 6.45) is 3.96. The van der Waals surface area contributed by atoms with Crippen LogP contribution in [0.3, 0.4) is 0 Å². The Morgan fingerprint density at radius 2 is 1.95 bits per heavy atom. The van der Waals surface area contributed by atoms with E-state index in [0.29, 0.717) is 23.6 Å². The molecule has 2 aromatic heterocycles. The molecule has 0 aliphatic rings. The predicted molar refractivity (Wildman–Crippen MR) is 83.0 cm³/mol. The van der Waals surface area contributed by atoms with E-state index in [1.165, 1.54) is 0 Å². The van der Waals surface area contributed by atoms with Crippen LogP contribution < -0.4 is 10.6 Å². The van der Waals surface area contributed by atoms with Crippen molar-refractivity contribution in [3.05, 3.63) is 6.33 Å². The molecule has 2 rings (SSSR count). The average Bonchev–Trinajstić information content (AvgIpc) is 2.89. The minimum absolute atomic E-state index is 0.362. The molecule has 110 valence electrons. The maximum absolute atomic E-state index is 4.55. The number of aromatic amines is 1. The Morgan fingerprint density at radius 1 is 1.20 bits per heavy atom. The third-order valence-corrected chi connectivity index (χ3v) is 3.74. The van der Waals surface area contributed by atoms with Crippen molar-refractivity contribution in [2.75, 3.05) is 17.2 Å². The van der Waals surface area contributed by atoms with E-state index in [1.807, 2.05) is 6.92 Å². The first kappa shape index (κ1) is 14.6. The van der Waals surface area contributed by atoms with E-state index in [1.54, 1.807) is 6.33 Å². The Bertz CT molecular complexity index is 546. The van der Waals surface area contributed by atoms with Crippen LogP contribution in [0.1, 0.15) is 40.5 Å². The highest BCUT2D eigenvalue weighted by Crippen LogP contribution is 2.22. The van der Waals surface area contributed by atoms with Crippen molar-refractivity contribution in [1.82, 2.24) is 19.9 Å². The van der Waals surface area contributed by atoms with Crippen LogP contribution in [0.4, 0.5) is 11.8 Å². The minimum atomic E-state index is 0.362. The molecule has 0 radical (unpaired) electrons. The first-order valence-electron chi connectivity index (χ1n) is 7.41. The first-order chi connectivity index (χ1) is 9.69. The van der Waals surface area contributed by atoms with Crippen molar-refractivity contribution < 1.29 is 0 Å². The van der Waals surface area contributed by atoms with E-state index in [2.05, 4.69) is 51.3 Å². The number of imidazole rings is 1. The van der Waals surface area contributed by atoms with E-state index in [0.717, 1.165) is 30.7 Å². The lowest BCUT2D eigenvalue weighted by atomic mass is 9.95. The van der Waals surface area contributed by atoms with Gasteiger partial charge in [-0.1, -0.05) is 26.7 Å². The van der Waals surface area contributed by atoms with E-state index in [4.69, 9.17) is 0 Å². The van der Waals surface area contributed by atoms with E-state index in [-0.39, 0.29) is 0 Å². The summed E-state index contributed by atoms with van der Waals surface area (Å²) in [4.78, 5) is 16.3. The molecular formula is C14H24N6. The Labute approximate surface area is 119 Å². The third kappa shape index (κ3) is 3.00. The van der Waals surface area contributed by atoms with Gasteiger partial charge in [-0.2, -0.15) is 9.97 Å². The molecule has 6 heteroatoms. The number of anilines is 2. The standard InChI is InChI=1S/C14H24N6/c1-5-10(6-2)9(4)18-13-11-12(17-8-16-11)19-14(20-13)15-7-3/h8-10H,5-7H2,1-4H3,(H3,15,16,17,18,19,20). The molecule has 2 heterocycles. The predicted octanol–water partition coefficient (Wildman–Crippen LogP) is 3.02. The van der Waals surface area contributed by atoms with E-state index < -0.39 is 0 Å². The lowest BCUT2D eigenvalue weighted by molar-refractivity contribution is 0.437. The van der Waals surface area contributed by atoms with Crippen LogP contribution >= 0.6 is 0 Å². The summed E-state index contributed by atoms with van der Waals surface area (Å²) in [5, 5.41) is 6.65. The van der Waals surface area contributed by atoms with Crippen LogP contribution in [0.2, 0.25) is 0 Å². The zero-order valence-electron chi connectivity index (χ0n) is 12.7. The monoisotopic (exact) mass is 276 g/mol. The van der Waals surface area contributed by atoms with Crippen LogP contribution in [0, 0.1) is 5.92 Å². The third-order valence-electron chi connectivity index (χ3n) is 3.74. The van der Waals surface area contributed by atoms with Gasteiger partial charge in [0.25, 0.3) is 0 Å². The summed E-state index contributed by atoms with van der Waals surface area (Å²) in [5.41, 5.74) is 1.56. The minimum Gasteiger partial charge on any atom is -0.365 e. The Balaban J connectivity index is 2.29. The highest BCUT2D eigenvalue weighted by atomic mass is 15.2. The molecule has 2 aromatic rings. The first-order valence-corrected chi connectivity index (χ1v) is 7.41. The number of hydrogen-bond donors (Lipinski definition) is 3. The normalized spacial score (nSPS) is 12.8. The highest BCUT2D eigenvalue weighted by Gasteiger charge is 2.17. The summed E-state index contributed by atoms with van der Waals surface area (Å²) in [6, 6.07) is 0.362. The number of aromatic nitrogens is 4. The number of fused-ring (bicyclic) bond motifs is 1. The van der Waals surface area contributed by atoms with Gasteiger partial charge in [0, 0.05) is 12.6 Å². The van der Waals surface area contributed by atoms with Gasteiger partial charge in [-0.05, 0) is 19.8 Å². The lowest BCUT2D eigenvalue weighted by Gasteiger charge is -2.23. The van der Waals surface area contributed by atoms with Crippen molar-refractivity contribution in [1.29, 1.82) is 0 Å². The number of H-pyrrole nitrogens is 1. The van der Waals surface area contributed by atoms with Gasteiger partial charge in [0.2, 0.25) is 5.95 Å². The van der Waals surface area contributed by atoms with Gasteiger partial charge in [0.1, 0.15) is 5.52 Å². The number of nitrogens with one attached hydrogen (secondary N) is 3. The molecule has 0 aromatic carbocycles. The second kappa shape index (κ2) is 6.54. The molecule has 0 saturated carbocycles. The van der Waals surface area contributed by atoms with Gasteiger partial charge >= 0.3 is 0 Å². The van der Waals surface area contributed by atoms with Crippen molar-refractivity contribution in [2.24, 2.45) is 5.92 Å². The van der Waals surface area contributed by atoms with E-state index in [9.17, 15) is 0 Å². The number of nitrogens with zero attached hydrogens (tertiary/aromatic N) is 3. The summed E-state index contributed by atoms with van der Waals surface area (Å²) in [7, 11) is 0. The van der Waals surface area contributed by atoms with Crippen molar-refractivity contribution in [3.63, 3.8) is 0 Å². The second-order valence-corrected chi connectivity index (χ2v) is 5.04. The molecule has 0 saturated heterocycles.